The van der Waals surface area contributed by atoms with Crippen LogP contribution in [0.5, 0.6) is 0 Å². The van der Waals surface area contributed by atoms with Gasteiger partial charge in [0.25, 0.3) is 0 Å². The summed E-state index contributed by atoms with van der Waals surface area (Å²) in [5.41, 5.74) is 0. The van der Waals surface area contributed by atoms with Gasteiger partial charge in [-0.3, -0.25) is 0 Å². The Balaban J connectivity index is 2.91. The molecule has 0 radical (unpaired) electrons. The number of rotatable bonds is 2. The molecule has 0 fully saturated rings. The second-order valence-electron chi connectivity index (χ2n) is 2.44. The lowest BCUT2D eigenvalue weighted by molar-refractivity contribution is -0.214. The van der Waals surface area contributed by atoms with Gasteiger partial charge in [-0.25, -0.2) is 4.98 Å². The highest BCUT2D eigenvalue weighted by atomic mass is 32.1. The summed E-state index contributed by atoms with van der Waals surface area (Å²) in [7, 11) is 1.03. The van der Waals surface area contributed by atoms with Gasteiger partial charge in [0, 0.05) is 13.3 Å². The predicted molar refractivity (Wildman–Crippen MR) is 42.7 cm³/mol. The Morgan fingerprint density at radius 3 is 2.46 bits per heavy atom. The van der Waals surface area contributed by atoms with Gasteiger partial charge in [0.05, 0.1) is 9.88 Å². The van der Waals surface area contributed by atoms with Gasteiger partial charge in [-0.15, -0.1) is 11.3 Å². The van der Waals surface area contributed by atoms with Crippen molar-refractivity contribution in [1.82, 2.24) is 4.98 Å². The van der Waals surface area contributed by atoms with E-state index >= 15 is 0 Å². The number of thiazole rings is 1. The third-order valence-corrected chi connectivity index (χ3v) is 2.39. The molecule has 1 aromatic rings. The van der Waals surface area contributed by atoms with Crippen molar-refractivity contribution in [2.45, 2.75) is 19.2 Å². The molecular weight excluding hydrogens is 203 g/mol. The number of hydrogen-bond acceptors (Lipinski definition) is 3. The zero-order valence-corrected chi connectivity index (χ0v) is 7.87. The lowest BCUT2D eigenvalue weighted by atomic mass is 10.3. The topological polar surface area (TPSA) is 22.1 Å². The highest BCUT2D eigenvalue weighted by molar-refractivity contribution is 7.11. The summed E-state index contributed by atoms with van der Waals surface area (Å²) < 4.78 is 41.2. The van der Waals surface area contributed by atoms with Crippen LogP contribution >= 0.6 is 11.3 Å². The van der Waals surface area contributed by atoms with Gasteiger partial charge in [0.1, 0.15) is 0 Å². The molecule has 74 valence electrons. The van der Waals surface area contributed by atoms with E-state index in [1.165, 1.54) is 6.20 Å². The van der Waals surface area contributed by atoms with Gasteiger partial charge in [0.2, 0.25) is 0 Å². The number of aryl methyl sites for hydroxylation is 1. The van der Waals surface area contributed by atoms with E-state index in [9.17, 15) is 13.2 Å². The fourth-order valence-electron chi connectivity index (χ4n) is 0.910. The maximum atomic E-state index is 12.3. The van der Waals surface area contributed by atoms with Gasteiger partial charge >= 0.3 is 6.18 Å². The van der Waals surface area contributed by atoms with Crippen molar-refractivity contribution in [3.63, 3.8) is 0 Å². The minimum absolute atomic E-state index is 0.0903. The SMILES string of the molecule is COC(c1cnc(C)s1)C(F)(F)F. The van der Waals surface area contributed by atoms with Crippen molar-refractivity contribution in [2.24, 2.45) is 0 Å². The fourth-order valence-corrected chi connectivity index (χ4v) is 1.80. The average Bonchev–Trinajstić information content (AvgIpc) is 2.34. The van der Waals surface area contributed by atoms with Crippen LogP contribution in [0.1, 0.15) is 16.0 Å². The molecule has 0 bridgehead atoms. The molecule has 1 atom stereocenters. The first-order valence-electron chi connectivity index (χ1n) is 3.47. The van der Waals surface area contributed by atoms with Crippen molar-refractivity contribution >= 4 is 11.3 Å². The summed E-state index contributed by atoms with van der Waals surface area (Å²) in [6.45, 7) is 1.65. The Morgan fingerprint density at radius 2 is 2.15 bits per heavy atom. The Labute approximate surface area is 77.4 Å². The Kier molecular flexibility index (Phi) is 2.92. The second-order valence-corrected chi connectivity index (χ2v) is 3.71. The molecule has 0 saturated heterocycles. The fraction of sp³-hybridized carbons (Fsp3) is 0.571. The minimum Gasteiger partial charge on any atom is -0.366 e. The van der Waals surface area contributed by atoms with E-state index in [1.54, 1.807) is 6.92 Å². The zero-order valence-electron chi connectivity index (χ0n) is 7.05. The molecule has 1 aromatic heterocycles. The smallest absolute Gasteiger partial charge is 0.366 e. The first-order chi connectivity index (χ1) is 5.95. The number of aromatic nitrogens is 1. The van der Waals surface area contributed by atoms with Crippen LogP contribution < -0.4 is 0 Å². The Bertz CT molecular complexity index is 284. The summed E-state index contributed by atoms with van der Waals surface area (Å²) >= 11 is 0.991. The van der Waals surface area contributed by atoms with Gasteiger partial charge in [-0.05, 0) is 6.92 Å². The molecule has 0 saturated carbocycles. The Hall–Kier alpha value is -0.620. The van der Waals surface area contributed by atoms with Crippen LogP contribution in [0.15, 0.2) is 6.20 Å². The zero-order chi connectivity index (χ0) is 10.1. The van der Waals surface area contributed by atoms with Crippen molar-refractivity contribution in [3.05, 3.63) is 16.1 Å². The molecule has 0 aliphatic heterocycles. The molecule has 0 aliphatic carbocycles. The lowest BCUT2D eigenvalue weighted by Crippen LogP contribution is -2.21. The molecule has 6 heteroatoms. The van der Waals surface area contributed by atoms with Crippen LogP contribution in [0.25, 0.3) is 0 Å². The number of hydrogen-bond donors (Lipinski definition) is 0. The van der Waals surface area contributed by atoms with E-state index in [0.717, 1.165) is 18.4 Å². The number of halogens is 3. The highest BCUT2D eigenvalue weighted by Gasteiger charge is 2.42. The number of nitrogens with zero attached hydrogens (tertiary/aromatic N) is 1. The van der Waals surface area contributed by atoms with Crippen LogP contribution in [-0.4, -0.2) is 18.3 Å². The molecule has 1 heterocycles. The number of ether oxygens (including phenoxy) is 1. The second kappa shape index (κ2) is 3.63. The van der Waals surface area contributed by atoms with E-state index in [0.29, 0.717) is 5.01 Å². The monoisotopic (exact) mass is 211 g/mol. The summed E-state index contributed by atoms with van der Waals surface area (Å²) in [6.07, 6.45) is -5.02. The number of methoxy groups -OCH3 is 1. The van der Waals surface area contributed by atoms with Crippen LogP contribution in [-0.2, 0) is 4.74 Å². The number of alkyl halides is 3. The summed E-state index contributed by atoms with van der Waals surface area (Å²) in [6, 6.07) is 0. The van der Waals surface area contributed by atoms with E-state index < -0.39 is 12.3 Å². The van der Waals surface area contributed by atoms with E-state index in [2.05, 4.69) is 9.72 Å². The van der Waals surface area contributed by atoms with Crippen LogP contribution in [0.4, 0.5) is 13.2 Å². The first kappa shape index (κ1) is 10.5. The highest BCUT2D eigenvalue weighted by Crippen LogP contribution is 2.37. The van der Waals surface area contributed by atoms with Gasteiger partial charge in [-0.2, -0.15) is 13.2 Å². The molecule has 0 aliphatic rings. The lowest BCUT2D eigenvalue weighted by Gasteiger charge is -2.16. The van der Waals surface area contributed by atoms with Crippen LogP contribution in [0, 0.1) is 6.92 Å². The largest absolute Gasteiger partial charge is 0.419 e. The van der Waals surface area contributed by atoms with E-state index in [-0.39, 0.29) is 4.88 Å². The molecule has 0 spiro atoms. The first-order valence-corrected chi connectivity index (χ1v) is 4.28. The third-order valence-electron chi connectivity index (χ3n) is 1.43. The van der Waals surface area contributed by atoms with Crippen molar-refractivity contribution in [3.8, 4) is 0 Å². The average molecular weight is 211 g/mol. The van der Waals surface area contributed by atoms with Crippen molar-refractivity contribution in [1.29, 1.82) is 0 Å². The van der Waals surface area contributed by atoms with Crippen molar-refractivity contribution in [2.75, 3.05) is 7.11 Å². The van der Waals surface area contributed by atoms with E-state index in [1.807, 2.05) is 0 Å². The molecule has 0 aromatic carbocycles. The van der Waals surface area contributed by atoms with Gasteiger partial charge in [-0.1, -0.05) is 0 Å². The summed E-state index contributed by atoms with van der Waals surface area (Å²) in [5.74, 6) is 0. The molecule has 0 N–H and O–H groups in total. The van der Waals surface area contributed by atoms with Gasteiger partial charge < -0.3 is 4.74 Å². The Morgan fingerprint density at radius 1 is 1.54 bits per heavy atom. The normalized spacial score (nSPS) is 14.5. The van der Waals surface area contributed by atoms with Crippen LogP contribution in [0.2, 0.25) is 0 Å². The summed E-state index contributed by atoms with van der Waals surface area (Å²) in [5, 5.41) is 0.598. The molecular formula is C7H8F3NOS. The molecule has 1 unspecified atom stereocenters. The maximum Gasteiger partial charge on any atom is 0.419 e. The quantitative estimate of drug-likeness (QED) is 0.750. The predicted octanol–water partition coefficient (Wildman–Crippen LogP) is 2.70. The van der Waals surface area contributed by atoms with Crippen LogP contribution in [0.3, 0.4) is 0 Å². The van der Waals surface area contributed by atoms with Gasteiger partial charge in [0.15, 0.2) is 6.10 Å². The van der Waals surface area contributed by atoms with Crippen molar-refractivity contribution < 1.29 is 17.9 Å². The minimum atomic E-state index is -4.37. The third kappa shape index (κ3) is 2.41. The van der Waals surface area contributed by atoms with E-state index in [4.69, 9.17) is 0 Å². The molecule has 1 rings (SSSR count). The molecule has 0 amide bonds. The molecule has 2 nitrogen and oxygen atoms in total. The standard InChI is InChI=1S/C7H8F3NOS/c1-4-11-3-5(13-4)6(12-2)7(8,9)10/h3,6H,1-2H3. The maximum absolute atomic E-state index is 12.3. The molecule has 13 heavy (non-hydrogen) atoms. The summed E-state index contributed by atoms with van der Waals surface area (Å²) in [4.78, 5) is 3.83.